The van der Waals surface area contributed by atoms with Crippen LogP contribution in [0.2, 0.25) is 0 Å². The predicted molar refractivity (Wildman–Crippen MR) is 254 cm³/mol. The van der Waals surface area contributed by atoms with Gasteiger partial charge in [-0.2, -0.15) is 0 Å². The van der Waals surface area contributed by atoms with Gasteiger partial charge in [0.05, 0.1) is 0 Å². The topological polar surface area (TPSA) is 40.5 Å². The molecular formula is C53H109NO2. The number of carbonyl (C=O) groups is 1. The smallest absolute Gasteiger partial charge is 0.303 e. The van der Waals surface area contributed by atoms with Crippen molar-refractivity contribution in [1.29, 1.82) is 0 Å². The average Bonchev–Trinajstić information content (AvgIpc) is 3.16. The van der Waals surface area contributed by atoms with Crippen molar-refractivity contribution < 1.29 is 9.90 Å². The van der Waals surface area contributed by atoms with Crippen molar-refractivity contribution in [2.75, 3.05) is 20.1 Å². The third-order valence-corrected chi connectivity index (χ3v) is 12.1. The van der Waals surface area contributed by atoms with Gasteiger partial charge in [-0.05, 0) is 51.2 Å². The first-order chi connectivity index (χ1) is 27.3. The van der Waals surface area contributed by atoms with E-state index in [1.807, 2.05) is 0 Å². The zero-order valence-electron chi connectivity index (χ0n) is 40.1. The summed E-state index contributed by atoms with van der Waals surface area (Å²) >= 11 is 0. The van der Waals surface area contributed by atoms with E-state index in [9.17, 15) is 4.79 Å². The number of unbranched alkanes of at least 4 members (excludes halogenated alkanes) is 36. The van der Waals surface area contributed by atoms with Crippen molar-refractivity contribution in [3.63, 3.8) is 0 Å². The highest BCUT2D eigenvalue weighted by molar-refractivity contribution is 5.66. The van der Waals surface area contributed by atoms with E-state index >= 15 is 0 Å². The van der Waals surface area contributed by atoms with Gasteiger partial charge in [0.1, 0.15) is 0 Å². The maximum absolute atomic E-state index is 10.3. The van der Waals surface area contributed by atoms with Gasteiger partial charge in [-0.3, -0.25) is 4.79 Å². The number of hydrogen-bond acceptors (Lipinski definition) is 2. The van der Waals surface area contributed by atoms with E-state index in [1.165, 1.54) is 264 Å². The van der Waals surface area contributed by atoms with Gasteiger partial charge < -0.3 is 10.0 Å². The van der Waals surface area contributed by atoms with Gasteiger partial charge in [0.2, 0.25) is 0 Å². The molecule has 0 fully saturated rings. The van der Waals surface area contributed by atoms with Crippen molar-refractivity contribution >= 4 is 5.97 Å². The van der Waals surface area contributed by atoms with Gasteiger partial charge in [-0.15, -0.1) is 0 Å². The zero-order chi connectivity index (χ0) is 41.4. The minimum absolute atomic E-state index is 0.345. The number of aliphatic carboxylic acids is 1. The first-order valence-corrected chi connectivity index (χ1v) is 26.2. The summed E-state index contributed by atoms with van der Waals surface area (Å²) in [6, 6.07) is 0. The fourth-order valence-electron chi connectivity index (χ4n) is 8.16. The Hall–Kier alpha value is -0.570. The Morgan fingerprint density at radius 3 is 0.804 bits per heavy atom. The predicted octanol–water partition coefficient (Wildman–Crippen LogP) is 18.7. The van der Waals surface area contributed by atoms with Crippen LogP contribution in [0.5, 0.6) is 0 Å². The standard InChI is InChI=1S/C37H77N.C16H32O2/c1-36(2)32-28-24-20-16-12-8-6-10-14-18-22-26-30-34-38(5)35-31-27-23-19-15-11-7-9-13-17-21-25-29-33-37(3)4;1-2-3-4-5-6-7-8-9-10-11-12-13-14-15-16(17)18/h36-37H,6-35H2,1-5H3;2-15H2,1H3,(H,17,18). The molecule has 0 aromatic rings. The van der Waals surface area contributed by atoms with Crippen LogP contribution in [0.15, 0.2) is 0 Å². The van der Waals surface area contributed by atoms with E-state index in [4.69, 9.17) is 5.11 Å². The molecule has 0 aliphatic heterocycles. The zero-order valence-corrected chi connectivity index (χ0v) is 40.1. The second kappa shape index (κ2) is 50.6. The molecule has 0 aliphatic rings. The van der Waals surface area contributed by atoms with E-state index in [0.717, 1.165) is 24.7 Å². The fraction of sp³-hybridized carbons (Fsp3) is 0.981. The first-order valence-electron chi connectivity index (χ1n) is 26.2. The Balaban J connectivity index is 0. The largest absolute Gasteiger partial charge is 0.481 e. The summed E-state index contributed by atoms with van der Waals surface area (Å²) in [7, 11) is 2.34. The minimum atomic E-state index is -0.655. The number of carboxylic acid groups (broad SMARTS) is 1. The molecule has 0 aliphatic carbocycles. The van der Waals surface area contributed by atoms with Crippen LogP contribution >= 0.6 is 0 Å². The Morgan fingerprint density at radius 1 is 0.357 bits per heavy atom. The molecule has 3 heteroatoms. The summed E-state index contributed by atoms with van der Waals surface area (Å²) in [5, 5.41) is 8.49. The van der Waals surface area contributed by atoms with Crippen molar-refractivity contribution in [1.82, 2.24) is 4.90 Å². The molecule has 338 valence electrons. The van der Waals surface area contributed by atoms with E-state index in [2.05, 4.69) is 46.6 Å². The Labute approximate surface area is 355 Å². The van der Waals surface area contributed by atoms with E-state index in [0.29, 0.717) is 6.42 Å². The molecular weight excluding hydrogens is 683 g/mol. The SMILES string of the molecule is CC(C)CCCCCCCCCCCCCCCN(C)CCCCCCCCCCCCCCCC(C)C.CCCCCCCCCCCCCCCC(=O)O. The summed E-state index contributed by atoms with van der Waals surface area (Å²) in [4.78, 5) is 12.9. The van der Waals surface area contributed by atoms with Crippen LogP contribution in [0.3, 0.4) is 0 Å². The van der Waals surface area contributed by atoms with Crippen LogP contribution < -0.4 is 0 Å². The highest BCUT2D eigenvalue weighted by Crippen LogP contribution is 2.17. The second-order valence-corrected chi connectivity index (χ2v) is 19.2. The van der Waals surface area contributed by atoms with Crippen LogP contribution in [-0.4, -0.2) is 36.1 Å². The third-order valence-electron chi connectivity index (χ3n) is 12.1. The van der Waals surface area contributed by atoms with Gasteiger partial charge in [0.15, 0.2) is 0 Å². The molecule has 0 heterocycles. The van der Waals surface area contributed by atoms with Gasteiger partial charge in [-0.25, -0.2) is 0 Å². The van der Waals surface area contributed by atoms with Gasteiger partial charge >= 0.3 is 5.97 Å². The van der Waals surface area contributed by atoms with Crippen molar-refractivity contribution in [3.8, 4) is 0 Å². The molecule has 0 aromatic carbocycles. The van der Waals surface area contributed by atoms with E-state index in [1.54, 1.807) is 0 Å². The number of carboxylic acids is 1. The minimum Gasteiger partial charge on any atom is -0.481 e. The van der Waals surface area contributed by atoms with Crippen molar-refractivity contribution in [3.05, 3.63) is 0 Å². The van der Waals surface area contributed by atoms with Crippen LogP contribution in [0.1, 0.15) is 304 Å². The summed E-state index contributed by atoms with van der Waals surface area (Å²) in [5.74, 6) is 1.13. The molecule has 0 aromatic heterocycles. The van der Waals surface area contributed by atoms with Crippen LogP contribution in [-0.2, 0) is 4.79 Å². The quantitative estimate of drug-likeness (QED) is 0.0624. The molecule has 0 spiro atoms. The van der Waals surface area contributed by atoms with E-state index < -0.39 is 5.97 Å². The van der Waals surface area contributed by atoms with Crippen LogP contribution in [0.25, 0.3) is 0 Å². The molecule has 0 rings (SSSR count). The number of hydrogen-bond donors (Lipinski definition) is 1. The van der Waals surface area contributed by atoms with Crippen molar-refractivity contribution in [2.24, 2.45) is 11.8 Å². The number of rotatable bonds is 46. The summed E-state index contributed by atoms with van der Waals surface area (Å²) in [6.45, 7) is 14.3. The molecule has 1 N–H and O–H groups in total. The molecule has 0 saturated heterocycles. The monoisotopic (exact) mass is 792 g/mol. The maximum Gasteiger partial charge on any atom is 0.303 e. The molecule has 56 heavy (non-hydrogen) atoms. The van der Waals surface area contributed by atoms with Crippen molar-refractivity contribution in [2.45, 2.75) is 304 Å². The van der Waals surface area contributed by atoms with Gasteiger partial charge in [-0.1, -0.05) is 279 Å². The average molecular weight is 792 g/mol. The van der Waals surface area contributed by atoms with E-state index in [-0.39, 0.29) is 0 Å². The van der Waals surface area contributed by atoms with Gasteiger partial charge in [0, 0.05) is 6.42 Å². The Kier molecular flexibility index (Phi) is 51.9. The molecule has 3 nitrogen and oxygen atoms in total. The van der Waals surface area contributed by atoms with Crippen LogP contribution in [0.4, 0.5) is 0 Å². The highest BCUT2D eigenvalue weighted by Gasteiger charge is 2.01. The third kappa shape index (κ3) is 57.8. The summed E-state index contributed by atoms with van der Waals surface area (Å²) in [5.41, 5.74) is 0. The maximum atomic E-state index is 10.3. The molecule has 0 unspecified atom stereocenters. The Bertz CT molecular complexity index is 668. The lowest BCUT2D eigenvalue weighted by Crippen LogP contribution is -2.20. The fourth-order valence-corrected chi connectivity index (χ4v) is 8.16. The molecule has 0 atom stereocenters. The van der Waals surface area contributed by atoms with Crippen LogP contribution in [0, 0.1) is 11.8 Å². The lowest BCUT2D eigenvalue weighted by molar-refractivity contribution is -0.137. The lowest BCUT2D eigenvalue weighted by atomic mass is 10.0. The number of nitrogens with zero attached hydrogens (tertiary/aromatic N) is 1. The second-order valence-electron chi connectivity index (χ2n) is 19.2. The lowest BCUT2D eigenvalue weighted by Gasteiger charge is -2.16. The summed E-state index contributed by atoms with van der Waals surface area (Å²) < 4.78 is 0. The normalized spacial score (nSPS) is 11.6. The summed E-state index contributed by atoms with van der Waals surface area (Å²) in [6.07, 6.45) is 58.2. The first kappa shape index (κ1) is 57.5. The molecule has 0 bridgehead atoms. The Morgan fingerprint density at radius 2 is 0.571 bits per heavy atom. The molecule has 0 radical (unpaired) electrons. The van der Waals surface area contributed by atoms with Gasteiger partial charge in [0.25, 0.3) is 0 Å². The molecule has 0 saturated carbocycles. The molecule has 0 amide bonds. The highest BCUT2D eigenvalue weighted by atomic mass is 16.4.